The van der Waals surface area contributed by atoms with Gasteiger partial charge in [0.25, 0.3) is 0 Å². The Morgan fingerprint density at radius 1 is 1.20 bits per heavy atom. The third kappa shape index (κ3) is 4.58. The number of aryl methyl sites for hydroxylation is 1. The van der Waals surface area contributed by atoms with Gasteiger partial charge in [-0.1, -0.05) is 26.8 Å². The van der Waals surface area contributed by atoms with Gasteiger partial charge in [-0.25, -0.2) is 13.1 Å². The predicted octanol–water partition coefficient (Wildman–Crippen LogP) is 2.35. The summed E-state index contributed by atoms with van der Waals surface area (Å²) in [5.41, 5.74) is 2.83. The monoisotopic (exact) mass is 298 g/mol. The van der Waals surface area contributed by atoms with E-state index in [1.165, 1.54) is 0 Å². The zero-order valence-corrected chi connectivity index (χ0v) is 13.9. The van der Waals surface area contributed by atoms with E-state index in [9.17, 15) is 8.42 Å². The molecule has 4 nitrogen and oxygen atoms in total. The second-order valence-electron chi connectivity index (χ2n) is 5.56. The number of nitrogens with one attached hydrogen (secondary N) is 2. The minimum absolute atomic E-state index is 0.288. The van der Waals surface area contributed by atoms with Gasteiger partial charge in [0, 0.05) is 13.1 Å². The molecule has 0 saturated carbocycles. The molecule has 2 N–H and O–H groups in total. The van der Waals surface area contributed by atoms with E-state index in [0.717, 1.165) is 23.2 Å². The second kappa shape index (κ2) is 7.20. The fraction of sp³-hybridized carbons (Fsp3) is 0.600. The van der Waals surface area contributed by atoms with Crippen molar-refractivity contribution < 1.29 is 8.42 Å². The first-order valence-corrected chi connectivity index (χ1v) is 8.56. The zero-order valence-electron chi connectivity index (χ0n) is 13.1. The van der Waals surface area contributed by atoms with Gasteiger partial charge in [0.15, 0.2) is 0 Å². The molecule has 0 radical (unpaired) electrons. The molecule has 0 bridgehead atoms. The van der Waals surface area contributed by atoms with E-state index in [0.29, 0.717) is 18.0 Å². The Bertz CT molecular complexity index is 551. The van der Waals surface area contributed by atoms with Crippen molar-refractivity contribution in [1.82, 2.24) is 10.0 Å². The summed E-state index contributed by atoms with van der Waals surface area (Å²) in [5.74, 6) is 0.288. The molecule has 1 aromatic rings. The summed E-state index contributed by atoms with van der Waals surface area (Å²) in [6.07, 6.45) is 0. The Kier molecular flexibility index (Phi) is 6.17. The molecule has 0 atom stereocenters. The van der Waals surface area contributed by atoms with Crippen LogP contribution in [0, 0.1) is 19.8 Å². The smallest absolute Gasteiger partial charge is 0.240 e. The maximum atomic E-state index is 12.4. The van der Waals surface area contributed by atoms with E-state index >= 15 is 0 Å². The number of hydrogen-bond donors (Lipinski definition) is 2. The van der Waals surface area contributed by atoms with Gasteiger partial charge in [0.05, 0.1) is 4.90 Å². The van der Waals surface area contributed by atoms with Crippen molar-refractivity contribution in [2.45, 2.75) is 46.1 Å². The highest BCUT2D eigenvalue weighted by Crippen LogP contribution is 2.21. The Hall–Kier alpha value is -0.910. The van der Waals surface area contributed by atoms with Crippen LogP contribution in [0.2, 0.25) is 0 Å². The number of rotatable bonds is 7. The first-order valence-electron chi connectivity index (χ1n) is 7.08. The van der Waals surface area contributed by atoms with Crippen LogP contribution in [0.4, 0.5) is 0 Å². The highest BCUT2D eigenvalue weighted by atomic mass is 32.2. The van der Waals surface area contributed by atoms with Crippen molar-refractivity contribution in [2.24, 2.45) is 5.92 Å². The third-order valence-electron chi connectivity index (χ3n) is 3.23. The van der Waals surface area contributed by atoms with E-state index in [4.69, 9.17) is 0 Å². The van der Waals surface area contributed by atoms with Crippen LogP contribution in [0.15, 0.2) is 17.0 Å². The fourth-order valence-corrected chi connectivity index (χ4v) is 3.48. The molecule has 0 heterocycles. The molecule has 1 aromatic carbocycles. The fourth-order valence-electron chi connectivity index (χ4n) is 1.90. The summed E-state index contributed by atoms with van der Waals surface area (Å²) < 4.78 is 27.5. The molecule has 0 amide bonds. The van der Waals surface area contributed by atoms with Crippen molar-refractivity contribution >= 4 is 10.0 Å². The van der Waals surface area contributed by atoms with Gasteiger partial charge < -0.3 is 5.32 Å². The molecule has 5 heteroatoms. The van der Waals surface area contributed by atoms with Crippen LogP contribution in [-0.4, -0.2) is 21.5 Å². The van der Waals surface area contributed by atoms with Gasteiger partial charge in [-0.05, 0) is 49.1 Å². The molecule has 0 aliphatic carbocycles. The standard InChI is InChI=1S/C15H26N2O2S/c1-6-16-10-14-7-12(4)13(5)15(8-14)20(18,19)17-9-11(2)3/h7-8,11,16-17H,6,9-10H2,1-5H3. The predicted molar refractivity (Wildman–Crippen MR) is 83.3 cm³/mol. The third-order valence-corrected chi connectivity index (χ3v) is 4.78. The van der Waals surface area contributed by atoms with E-state index in [-0.39, 0.29) is 5.92 Å². The van der Waals surface area contributed by atoms with Crippen LogP contribution in [0.25, 0.3) is 0 Å². The molecular weight excluding hydrogens is 272 g/mol. The Morgan fingerprint density at radius 2 is 1.85 bits per heavy atom. The molecule has 0 fully saturated rings. The van der Waals surface area contributed by atoms with Gasteiger partial charge in [0.2, 0.25) is 10.0 Å². The summed E-state index contributed by atoms with van der Waals surface area (Å²) in [4.78, 5) is 0.394. The molecule has 0 aliphatic rings. The summed E-state index contributed by atoms with van der Waals surface area (Å²) in [6, 6.07) is 3.81. The van der Waals surface area contributed by atoms with Crippen molar-refractivity contribution in [3.05, 3.63) is 28.8 Å². The van der Waals surface area contributed by atoms with Crippen molar-refractivity contribution in [3.63, 3.8) is 0 Å². The van der Waals surface area contributed by atoms with Crippen LogP contribution in [0.1, 0.15) is 37.5 Å². The minimum Gasteiger partial charge on any atom is -0.313 e. The molecule has 0 saturated heterocycles. The molecule has 20 heavy (non-hydrogen) atoms. The van der Waals surface area contributed by atoms with Gasteiger partial charge in [-0.2, -0.15) is 0 Å². The SMILES string of the molecule is CCNCc1cc(C)c(C)c(S(=O)(=O)NCC(C)C)c1. The van der Waals surface area contributed by atoms with E-state index in [1.807, 2.05) is 40.7 Å². The summed E-state index contributed by atoms with van der Waals surface area (Å²) in [7, 11) is -3.43. The molecule has 0 spiro atoms. The van der Waals surface area contributed by atoms with Gasteiger partial charge >= 0.3 is 0 Å². The van der Waals surface area contributed by atoms with Crippen LogP contribution in [0.3, 0.4) is 0 Å². The van der Waals surface area contributed by atoms with Crippen LogP contribution < -0.4 is 10.0 Å². The Labute approximate surface area is 123 Å². The average molecular weight is 298 g/mol. The lowest BCUT2D eigenvalue weighted by Crippen LogP contribution is -2.28. The lowest BCUT2D eigenvalue weighted by Gasteiger charge is -2.14. The normalized spacial score (nSPS) is 12.1. The largest absolute Gasteiger partial charge is 0.313 e. The first kappa shape index (κ1) is 17.1. The van der Waals surface area contributed by atoms with Gasteiger partial charge in [-0.3, -0.25) is 0 Å². The average Bonchev–Trinajstić information content (AvgIpc) is 2.37. The van der Waals surface area contributed by atoms with Crippen LogP contribution in [-0.2, 0) is 16.6 Å². The van der Waals surface area contributed by atoms with Crippen molar-refractivity contribution in [2.75, 3.05) is 13.1 Å². The molecule has 0 unspecified atom stereocenters. The van der Waals surface area contributed by atoms with Crippen LogP contribution in [0.5, 0.6) is 0 Å². The maximum Gasteiger partial charge on any atom is 0.240 e. The summed E-state index contributed by atoms with van der Waals surface area (Å²) >= 11 is 0. The Morgan fingerprint density at radius 3 is 2.40 bits per heavy atom. The number of hydrogen-bond acceptors (Lipinski definition) is 3. The molecule has 0 aliphatic heterocycles. The summed E-state index contributed by atoms with van der Waals surface area (Å²) in [5, 5.41) is 3.22. The van der Waals surface area contributed by atoms with Crippen LogP contribution >= 0.6 is 0 Å². The van der Waals surface area contributed by atoms with E-state index < -0.39 is 10.0 Å². The quantitative estimate of drug-likeness (QED) is 0.812. The second-order valence-corrected chi connectivity index (χ2v) is 7.30. The Balaban J connectivity index is 3.12. The molecular formula is C15H26N2O2S. The van der Waals surface area contributed by atoms with E-state index in [2.05, 4.69) is 10.0 Å². The maximum absolute atomic E-state index is 12.4. The zero-order chi connectivity index (χ0) is 15.3. The highest BCUT2D eigenvalue weighted by Gasteiger charge is 2.18. The molecule has 0 aromatic heterocycles. The van der Waals surface area contributed by atoms with Gasteiger partial charge in [0.1, 0.15) is 0 Å². The topological polar surface area (TPSA) is 58.2 Å². The molecule has 1 rings (SSSR count). The van der Waals surface area contributed by atoms with Gasteiger partial charge in [-0.15, -0.1) is 0 Å². The summed E-state index contributed by atoms with van der Waals surface area (Å²) in [6.45, 7) is 11.8. The first-order chi connectivity index (χ1) is 9.27. The van der Waals surface area contributed by atoms with Crippen molar-refractivity contribution in [3.8, 4) is 0 Å². The lowest BCUT2D eigenvalue weighted by atomic mass is 10.1. The van der Waals surface area contributed by atoms with E-state index in [1.54, 1.807) is 6.07 Å². The lowest BCUT2D eigenvalue weighted by molar-refractivity contribution is 0.559. The number of sulfonamides is 1. The number of benzene rings is 1. The highest BCUT2D eigenvalue weighted by molar-refractivity contribution is 7.89. The molecule has 114 valence electrons. The minimum atomic E-state index is -3.43. The van der Waals surface area contributed by atoms with Crippen molar-refractivity contribution in [1.29, 1.82) is 0 Å².